The second-order valence-electron chi connectivity index (χ2n) is 5.70. The summed E-state index contributed by atoms with van der Waals surface area (Å²) in [6.45, 7) is 1.98. The Labute approximate surface area is 146 Å². The maximum atomic E-state index is 11.7. The number of hydrogen-bond donors (Lipinski definition) is 2. The molecule has 0 amide bonds. The molecule has 0 radical (unpaired) electrons. The third kappa shape index (κ3) is 3.70. The molecule has 0 aliphatic rings. The molecule has 0 aliphatic heterocycles. The zero-order valence-electron chi connectivity index (χ0n) is 13.7. The molecule has 25 heavy (non-hydrogen) atoms. The van der Waals surface area contributed by atoms with Crippen LogP contribution in [0.3, 0.4) is 0 Å². The largest absolute Gasteiger partial charge is 0.508 e. The van der Waals surface area contributed by atoms with Gasteiger partial charge in [0, 0.05) is 16.7 Å². The molecule has 3 heteroatoms. The Morgan fingerprint density at radius 3 is 2.32 bits per heavy atom. The molecule has 0 heterocycles. The van der Waals surface area contributed by atoms with Crippen molar-refractivity contribution in [1.29, 1.82) is 0 Å². The van der Waals surface area contributed by atoms with Crippen LogP contribution in [0.4, 0.5) is 0 Å². The van der Waals surface area contributed by atoms with Crippen LogP contribution in [0.1, 0.15) is 27.0 Å². The van der Waals surface area contributed by atoms with Crippen molar-refractivity contribution >= 4 is 5.97 Å². The van der Waals surface area contributed by atoms with E-state index in [-0.39, 0.29) is 11.3 Å². The molecule has 0 saturated heterocycles. The van der Waals surface area contributed by atoms with E-state index in [1.165, 1.54) is 0 Å². The molecule has 3 nitrogen and oxygen atoms in total. The molecule has 122 valence electrons. The van der Waals surface area contributed by atoms with Crippen molar-refractivity contribution < 1.29 is 15.0 Å². The van der Waals surface area contributed by atoms with Crippen molar-refractivity contribution in [2.24, 2.45) is 0 Å². The van der Waals surface area contributed by atoms with E-state index in [1.807, 2.05) is 31.2 Å². The number of rotatable bonds is 2. The number of carboxylic acids is 1. The average Bonchev–Trinajstić information content (AvgIpc) is 2.60. The fourth-order valence-electron chi connectivity index (χ4n) is 2.59. The minimum absolute atomic E-state index is 0.143. The number of phenols is 1. The van der Waals surface area contributed by atoms with Crippen LogP contribution in [0.15, 0.2) is 66.7 Å². The predicted octanol–water partition coefficient (Wildman–Crippen LogP) is 4.47. The summed E-state index contributed by atoms with van der Waals surface area (Å²) >= 11 is 0. The first-order valence-corrected chi connectivity index (χ1v) is 7.79. The van der Waals surface area contributed by atoms with Crippen molar-refractivity contribution in [3.8, 4) is 28.7 Å². The number of carboxylic acid groups (broad SMARTS) is 1. The van der Waals surface area contributed by atoms with E-state index in [2.05, 4.69) is 11.8 Å². The SMILES string of the molecule is Cc1ccc(-c2c(C#Cc3cccc(O)c3)cccc2C(=O)O)cc1. The van der Waals surface area contributed by atoms with Crippen molar-refractivity contribution in [2.75, 3.05) is 0 Å². The van der Waals surface area contributed by atoms with Gasteiger partial charge in [0.15, 0.2) is 0 Å². The van der Waals surface area contributed by atoms with Gasteiger partial charge >= 0.3 is 5.97 Å². The molecule has 0 unspecified atom stereocenters. The van der Waals surface area contributed by atoms with E-state index >= 15 is 0 Å². The van der Waals surface area contributed by atoms with E-state index in [0.717, 1.165) is 11.1 Å². The quantitative estimate of drug-likeness (QED) is 0.683. The molecule has 3 aromatic carbocycles. The van der Waals surface area contributed by atoms with Gasteiger partial charge in [0.25, 0.3) is 0 Å². The van der Waals surface area contributed by atoms with Crippen LogP contribution in [0.2, 0.25) is 0 Å². The molecule has 3 rings (SSSR count). The molecule has 0 spiro atoms. The van der Waals surface area contributed by atoms with Gasteiger partial charge in [0.05, 0.1) is 5.56 Å². The van der Waals surface area contributed by atoms with Crippen LogP contribution < -0.4 is 0 Å². The fraction of sp³-hybridized carbons (Fsp3) is 0.0455. The number of phenolic OH excluding ortho intramolecular Hbond substituents is 1. The van der Waals surface area contributed by atoms with Crippen LogP contribution in [0.25, 0.3) is 11.1 Å². The maximum Gasteiger partial charge on any atom is 0.336 e. The molecule has 3 aromatic rings. The van der Waals surface area contributed by atoms with Crippen LogP contribution >= 0.6 is 0 Å². The highest BCUT2D eigenvalue weighted by atomic mass is 16.4. The summed E-state index contributed by atoms with van der Waals surface area (Å²) in [5.74, 6) is 5.18. The van der Waals surface area contributed by atoms with Crippen LogP contribution in [0.5, 0.6) is 5.75 Å². The lowest BCUT2D eigenvalue weighted by molar-refractivity contribution is 0.0697. The Hall–Kier alpha value is -3.51. The number of aryl methyl sites for hydroxylation is 1. The normalized spacial score (nSPS) is 9.96. The standard InChI is InChI=1S/C22H16O3/c1-15-8-11-18(12-9-15)21-17(5-3-7-20(21)22(24)25)13-10-16-4-2-6-19(23)14-16/h2-9,11-12,14,23H,1H3,(H,24,25). The van der Waals surface area contributed by atoms with Crippen molar-refractivity contribution in [3.63, 3.8) is 0 Å². The third-order valence-electron chi connectivity index (χ3n) is 3.82. The van der Waals surface area contributed by atoms with Gasteiger partial charge in [-0.2, -0.15) is 0 Å². The monoisotopic (exact) mass is 328 g/mol. The number of carbonyl (C=O) groups is 1. The first-order chi connectivity index (χ1) is 12.0. The van der Waals surface area contributed by atoms with Gasteiger partial charge in [-0.05, 0) is 42.8 Å². The molecule has 0 atom stereocenters. The van der Waals surface area contributed by atoms with Gasteiger partial charge in [-0.1, -0.05) is 53.8 Å². The zero-order chi connectivity index (χ0) is 17.8. The van der Waals surface area contributed by atoms with E-state index in [0.29, 0.717) is 16.7 Å². The predicted molar refractivity (Wildman–Crippen MR) is 97.7 cm³/mol. The van der Waals surface area contributed by atoms with E-state index < -0.39 is 5.97 Å². The van der Waals surface area contributed by atoms with Crippen molar-refractivity contribution in [1.82, 2.24) is 0 Å². The van der Waals surface area contributed by atoms with Crippen LogP contribution in [-0.4, -0.2) is 16.2 Å². The third-order valence-corrected chi connectivity index (χ3v) is 3.82. The Morgan fingerprint density at radius 2 is 1.64 bits per heavy atom. The first-order valence-electron chi connectivity index (χ1n) is 7.79. The van der Waals surface area contributed by atoms with Gasteiger partial charge in [-0.25, -0.2) is 4.79 Å². The lowest BCUT2D eigenvalue weighted by Gasteiger charge is -2.09. The molecule has 0 saturated carbocycles. The second-order valence-corrected chi connectivity index (χ2v) is 5.70. The summed E-state index contributed by atoms with van der Waals surface area (Å²) in [6.07, 6.45) is 0. The Balaban J connectivity index is 2.16. The highest BCUT2D eigenvalue weighted by Crippen LogP contribution is 2.28. The summed E-state index contributed by atoms with van der Waals surface area (Å²) < 4.78 is 0. The van der Waals surface area contributed by atoms with E-state index in [9.17, 15) is 15.0 Å². The molecule has 0 aliphatic carbocycles. The number of aromatic hydroxyl groups is 1. The Bertz CT molecular complexity index is 990. The second kappa shape index (κ2) is 6.94. The van der Waals surface area contributed by atoms with Gasteiger partial charge < -0.3 is 10.2 Å². The van der Waals surface area contributed by atoms with Gasteiger partial charge in [0.2, 0.25) is 0 Å². The lowest BCUT2D eigenvalue weighted by Crippen LogP contribution is -2.01. The van der Waals surface area contributed by atoms with E-state index in [1.54, 1.807) is 42.5 Å². The zero-order valence-corrected chi connectivity index (χ0v) is 13.7. The summed E-state index contributed by atoms with van der Waals surface area (Å²) in [5.41, 5.74) is 4.02. The lowest BCUT2D eigenvalue weighted by atomic mass is 9.93. The first kappa shape index (κ1) is 16.4. The number of hydrogen-bond acceptors (Lipinski definition) is 2. The Morgan fingerprint density at radius 1 is 0.920 bits per heavy atom. The Kier molecular flexibility index (Phi) is 4.54. The number of benzene rings is 3. The van der Waals surface area contributed by atoms with Gasteiger partial charge in [0.1, 0.15) is 5.75 Å². The molecule has 2 N–H and O–H groups in total. The number of aromatic carboxylic acids is 1. The smallest absolute Gasteiger partial charge is 0.336 e. The summed E-state index contributed by atoms with van der Waals surface area (Å²) in [4.78, 5) is 11.7. The maximum absolute atomic E-state index is 11.7. The topological polar surface area (TPSA) is 57.5 Å². The molecular formula is C22H16O3. The average molecular weight is 328 g/mol. The molecule has 0 aromatic heterocycles. The molecular weight excluding hydrogens is 312 g/mol. The summed E-state index contributed by atoms with van der Waals surface area (Å²) in [6, 6.07) is 19.4. The van der Waals surface area contributed by atoms with Crippen LogP contribution in [0, 0.1) is 18.8 Å². The summed E-state index contributed by atoms with van der Waals surface area (Å²) in [7, 11) is 0. The minimum atomic E-state index is -0.989. The minimum Gasteiger partial charge on any atom is -0.508 e. The van der Waals surface area contributed by atoms with E-state index in [4.69, 9.17) is 0 Å². The fourth-order valence-corrected chi connectivity index (χ4v) is 2.59. The van der Waals surface area contributed by atoms with Gasteiger partial charge in [-0.15, -0.1) is 0 Å². The van der Waals surface area contributed by atoms with Crippen LogP contribution in [-0.2, 0) is 0 Å². The highest BCUT2D eigenvalue weighted by Gasteiger charge is 2.14. The van der Waals surface area contributed by atoms with Crippen molar-refractivity contribution in [3.05, 3.63) is 89.0 Å². The molecule has 0 fully saturated rings. The highest BCUT2D eigenvalue weighted by molar-refractivity contribution is 5.97. The van der Waals surface area contributed by atoms with Crippen molar-refractivity contribution in [2.45, 2.75) is 6.92 Å². The summed E-state index contributed by atoms with van der Waals surface area (Å²) in [5, 5.41) is 19.1. The molecule has 0 bridgehead atoms. The van der Waals surface area contributed by atoms with Gasteiger partial charge in [-0.3, -0.25) is 0 Å².